The highest BCUT2D eigenvalue weighted by atomic mass is 79.9. The number of fused-ring (bicyclic) bond motifs is 1. The van der Waals surface area contributed by atoms with E-state index < -0.39 is 0 Å². The average molecular weight is 406 g/mol. The second kappa shape index (κ2) is 6.49. The van der Waals surface area contributed by atoms with Crippen molar-refractivity contribution in [1.29, 1.82) is 0 Å². The molecule has 1 amide bonds. The number of aryl methyl sites for hydroxylation is 1. The first kappa shape index (κ1) is 16.9. The summed E-state index contributed by atoms with van der Waals surface area (Å²) >= 11 is 4.86. The van der Waals surface area contributed by atoms with E-state index in [9.17, 15) is 9.59 Å². The Balaban J connectivity index is 2.04. The minimum Gasteiger partial charge on any atom is -0.352 e. The summed E-state index contributed by atoms with van der Waals surface area (Å²) in [7, 11) is 0. The Bertz CT molecular complexity index is 991. The molecule has 3 rings (SSSR count). The highest BCUT2D eigenvalue weighted by Gasteiger charge is 2.13. The van der Waals surface area contributed by atoms with Crippen LogP contribution in [0.2, 0.25) is 0 Å². The maximum absolute atomic E-state index is 12.4. The number of nitrogens with one attached hydrogen (secondary N) is 2. The molecule has 24 heavy (non-hydrogen) atoms. The summed E-state index contributed by atoms with van der Waals surface area (Å²) in [5.74, 6) is -0.196. The number of benzene rings is 1. The average Bonchev–Trinajstić information content (AvgIpc) is 2.99. The molecule has 0 atom stereocenters. The van der Waals surface area contributed by atoms with E-state index >= 15 is 0 Å². The number of carbonyl (C=O) groups is 1. The molecular formula is C17H16BrN3O2S. The van der Waals surface area contributed by atoms with Crippen molar-refractivity contribution < 1.29 is 4.79 Å². The number of rotatable bonds is 3. The lowest BCUT2D eigenvalue weighted by Crippen LogP contribution is -2.17. The monoisotopic (exact) mass is 405 g/mol. The quantitative estimate of drug-likeness (QED) is 0.681. The van der Waals surface area contributed by atoms with Crippen molar-refractivity contribution in [3.8, 4) is 11.4 Å². The van der Waals surface area contributed by atoms with Gasteiger partial charge in [-0.3, -0.25) is 9.59 Å². The molecule has 0 aliphatic heterocycles. The number of hydrogen-bond donors (Lipinski definition) is 2. The molecule has 0 saturated carbocycles. The van der Waals surface area contributed by atoms with Crippen LogP contribution in [0, 0.1) is 12.8 Å². The molecule has 0 aliphatic rings. The van der Waals surface area contributed by atoms with Gasteiger partial charge in [0, 0.05) is 27.2 Å². The van der Waals surface area contributed by atoms with Gasteiger partial charge >= 0.3 is 0 Å². The first-order valence-corrected chi connectivity index (χ1v) is 9.13. The Hall–Kier alpha value is -1.99. The van der Waals surface area contributed by atoms with Gasteiger partial charge in [-0.25, -0.2) is 4.98 Å². The standard InChI is InChI=1S/C17H16BrN3O2S/c1-8(2)16(23)21-17-20-12(7-24-17)11-6-13(22)10-5-4-9(3)14(18)15(10)19-11/h4-8H,1-3H3,(H,19,22)(H,20,21,23). The number of aromatic amines is 1. The molecule has 1 aromatic carbocycles. The lowest BCUT2D eigenvalue weighted by molar-refractivity contribution is -0.118. The maximum atomic E-state index is 12.4. The van der Waals surface area contributed by atoms with Gasteiger partial charge in [0.2, 0.25) is 5.91 Å². The van der Waals surface area contributed by atoms with Crippen molar-refractivity contribution in [2.24, 2.45) is 5.92 Å². The number of carbonyl (C=O) groups excluding carboxylic acids is 1. The van der Waals surface area contributed by atoms with Gasteiger partial charge in [0.1, 0.15) is 0 Å². The third-order valence-corrected chi connectivity index (χ3v) is 5.45. The summed E-state index contributed by atoms with van der Waals surface area (Å²) in [4.78, 5) is 31.8. The van der Waals surface area contributed by atoms with Gasteiger partial charge in [-0.15, -0.1) is 11.3 Å². The van der Waals surface area contributed by atoms with Crippen LogP contribution < -0.4 is 10.7 Å². The number of hydrogen-bond acceptors (Lipinski definition) is 4. The molecule has 2 N–H and O–H groups in total. The Morgan fingerprint density at radius 2 is 2.12 bits per heavy atom. The lowest BCUT2D eigenvalue weighted by Gasteiger charge is -2.06. The Morgan fingerprint density at radius 1 is 1.38 bits per heavy atom. The van der Waals surface area contributed by atoms with E-state index in [1.165, 1.54) is 17.4 Å². The van der Waals surface area contributed by atoms with Crippen molar-refractivity contribution >= 4 is 49.2 Å². The molecule has 0 aliphatic carbocycles. The van der Waals surface area contributed by atoms with E-state index in [4.69, 9.17) is 0 Å². The second-order valence-corrected chi connectivity index (χ2v) is 7.50. The number of H-pyrrole nitrogens is 1. The van der Waals surface area contributed by atoms with Crippen molar-refractivity contribution in [3.63, 3.8) is 0 Å². The number of aromatic nitrogens is 2. The van der Waals surface area contributed by atoms with Gasteiger partial charge in [-0.1, -0.05) is 19.9 Å². The zero-order valence-corrected chi connectivity index (χ0v) is 15.8. The van der Waals surface area contributed by atoms with Crippen molar-refractivity contribution in [2.45, 2.75) is 20.8 Å². The number of pyridine rings is 1. The first-order valence-electron chi connectivity index (χ1n) is 7.45. The molecule has 2 heterocycles. The smallest absolute Gasteiger partial charge is 0.228 e. The molecule has 0 saturated heterocycles. The number of thiazole rings is 1. The molecule has 5 nitrogen and oxygen atoms in total. The zero-order valence-electron chi connectivity index (χ0n) is 13.4. The van der Waals surface area contributed by atoms with Gasteiger partial charge in [-0.05, 0) is 34.5 Å². The predicted molar refractivity (Wildman–Crippen MR) is 102 cm³/mol. The molecule has 0 radical (unpaired) electrons. The normalized spacial score (nSPS) is 11.2. The molecule has 0 spiro atoms. The van der Waals surface area contributed by atoms with Crippen LogP contribution in [-0.4, -0.2) is 15.9 Å². The number of nitrogens with zero attached hydrogens (tertiary/aromatic N) is 1. The molecule has 0 bridgehead atoms. The van der Waals surface area contributed by atoms with E-state index in [-0.39, 0.29) is 17.3 Å². The van der Waals surface area contributed by atoms with Crippen LogP contribution >= 0.6 is 27.3 Å². The second-order valence-electron chi connectivity index (χ2n) is 5.85. The zero-order chi connectivity index (χ0) is 17.4. The maximum Gasteiger partial charge on any atom is 0.228 e. The van der Waals surface area contributed by atoms with Crippen LogP contribution in [0.5, 0.6) is 0 Å². The van der Waals surface area contributed by atoms with Crippen LogP contribution in [0.25, 0.3) is 22.3 Å². The van der Waals surface area contributed by atoms with E-state index in [0.29, 0.717) is 21.9 Å². The minimum absolute atomic E-state index is 0.0692. The Kier molecular flexibility index (Phi) is 4.56. The van der Waals surface area contributed by atoms with Crippen LogP contribution in [-0.2, 0) is 4.79 Å². The van der Waals surface area contributed by atoms with E-state index in [1.54, 1.807) is 0 Å². The third-order valence-electron chi connectivity index (χ3n) is 3.67. The van der Waals surface area contributed by atoms with Crippen molar-refractivity contribution in [3.05, 3.63) is 43.8 Å². The number of amides is 1. The summed E-state index contributed by atoms with van der Waals surface area (Å²) in [5.41, 5.74) is 2.98. The molecule has 124 valence electrons. The summed E-state index contributed by atoms with van der Waals surface area (Å²) in [6, 6.07) is 5.25. The SMILES string of the molecule is Cc1ccc2c(=O)cc(-c3csc(NC(=O)C(C)C)n3)[nH]c2c1Br. The lowest BCUT2D eigenvalue weighted by atomic mass is 10.1. The Morgan fingerprint density at radius 3 is 2.83 bits per heavy atom. The van der Waals surface area contributed by atoms with Crippen LogP contribution in [0.1, 0.15) is 19.4 Å². The van der Waals surface area contributed by atoms with Crippen LogP contribution in [0.15, 0.2) is 32.8 Å². The molecule has 0 unspecified atom stereocenters. The number of anilines is 1. The van der Waals surface area contributed by atoms with Crippen molar-refractivity contribution in [1.82, 2.24) is 9.97 Å². The van der Waals surface area contributed by atoms with Gasteiger partial charge in [-0.2, -0.15) is 0 Å². The fourth-order valence-corrected chi connectivity index (χ4v) is 3.39. The fourth-order valence-electron chi connectivity index (χ4n) is 2.23. The molecule has 0 fully saturated rings. The number of halogens is 1. The van der Waals surface area contributed by atoms with E-state index in [2.05, 4.69) is 31.2 Å². The van der Waals surface area contributed by atoms with Gasteiger partial charge in [0.15, 0.2) is 10.6 Å². The van der Waals surface area contributed by atoms with Gasteiger partial charge < -0.3 is 10.3 Å². The first-order chi connectivity index (χ1) is 11.4. The van der Waals surface area contributed by atoms with Crippen LogP contribution in [0.4, 0.5) is 5.13 Å². The van der Waals surface area contributed by atoms with E-state index in [0.717, 1.165) is 15.6 Å². The van der Waals surface area contributed by atoms with Gasteiger partial charge in [0.25, 0.3) is 0 Å². The summed E-state index contributed by atoms with van der Waals surface area (Å²) in [6.07, 6.45) is 0. The Labute approximate surface area is 151 Å². The van der Waals surface area contributed by atoms with Crippen LogP contribution in [0.3, 0.4) is 0 Å². The van der Waals surface area contributed by atoms with E-state index in [1.807, 2.05) is 38.3 Å². The molecule has 2 aromatic heterocycles. The minimum atomic E-state index is -0.114. The highest BCUT2D eigenvalue weighted by molar-refractivity contribution is 9.10. The summed E-state index contributed by atoms with van der Waals surface area (Å²) in [5, 5.41) is 5.73. The van der Waals surface area contributed by atoms with Crippen molar-refractivity contribution in [2.75, 3.05) is 5.32 Å². The fraction of sp³-hybridized carbons (Fsp3) is 0.235. The summed E-state index contributed by atoms with van der Waals surface area (Å²) in [6.45, 7) is 5.62. The predicted octanol–water partition coefficient (Wildman–Crippen LogP) is 4.32. The largest absolute Gasteiger partial charge is 0.352 e. The topological polar surface area (TPSA) is 74.8 Å². The molecular weight excluding hydrogens is 390 g/mol. The highest BCUT2D eigenvalue weighted by Crippen LogP contribution is 2.28. The molecule has 7 heteroatoms. The summed E-state index contributed by atoms with van der Waals surface area (Å²) < 4.78 is 0.863. The van der Waals surface area contributed by atoms with Gasteiger partial charge in [0.05, 0.1) is 16.9 Å². The molecule has 3 aromatic rings. The third kappa shape index (κ3) is 3.14.